The summed E-state index contributed by atoms with van der Waals surface area (Å²) in [6.07, 6.45) is -0.474. The van der Waals surface area contributed by atoms with Gasteiger partial charge in [-0.25, -0.2) is 4.79 Å². The van der Waals surface area contributed by atoms with Gasteiger partial charge in [0.25, 0.3) is 0 Å². The third kappa shape index (κ3) is 2.81. The Hall–Kier alpha value is -3.13. The molecule has 4 aliphatic rings. The molecule has 1 aliphatic carbocycles. The van der Waals surface area contributed by atoms with Gasteiger partial charge in [-0.05, 0) is 48.9 Å². The Bertz CT molecular complexity index is 1070. The van der Waals surface area contributed by atoms with Crippen LogP contribution in [0.4, 0.5) is 4.79 Å². The number of ether oxygens (including phenoxy) is 6. The molecule has 0 fully saturated rings. The Kier molecular flexibility index (Phi) is 4.17. The standard InChI is InChI=1S/C23H23NO7/c1-3-26-23(25)31-19-7-12-6-17-18(29-10-28-17)8-14(12)21-20(19)13-4-5-16-22(30-11-27-16)15(13)9-24(21)2/h4-6,8,19-21H,3,7,9-11H2,1-2H3/t19-,20-,21+/m0/s1. The van der Waals surface area contributed by atoms with Gasteiger partial charge in [0, 0.05) is 30.5 Å². The molecular weight excluding hydrogens is 402 g/mol. The molecule has 6 rings (SSSR count). The summed E-state index contributed by atoms with van der Waals surface area (Å²) in [5, 5.41) is 0. The molecule has 2 aromatic rings. The molecule has 0 radical (unpaired) electrons. The van der Waals surface area contributed by atoms with Crippen LogP contribution in [0.25, 0.3) is 0 Å². The second-order valence-corrected chi connectivity index (χ2v) is 8.20. The van der Waals surface area contributed by atoms with E-state index < -0.39 is 12.3 Å². The van der Waals surface area contributed by atoms with Crippen LogP contribution in [0.15, 0.2) is 24.3 Å². The van der Waals surface area contributed by atoms with Crippen LogP contribution in [0.1, 0.15) is 41.1 Å². The number of benzene rings is 2. The van der Waals surface area contributed by atoms with E-state index in [9.17, 15) is 4.79 Å². The highest BCUT2D eigenvalue weighted by molar-refractivity contribution is 5.62. The summed E-state index contributed by atoms with van der Waals surface area (Å²) < 4.78 is 33.6. The molecule has 8 nitrogen and oxygen atoms in total. The van der Waals surface area contributed by atoms with Crippen molar-refractivity contribution in [2.45, 2.75) is 38.0 Å². The van der Waals surface area contributed by atoms with Crippen LogP contribution >= 0.6 is 0 Å². The molecule has 0 spiro atoms. The number of carbonyl (C=O) groups excluding carboxylic acids is 1. The second kappa shape index (κ2) is 6.95. The number of fused-ring (bicyclic) bond motifs is 8. The molecule has 0 bridgehead atoms. The minimum Gasteiger partial charge on any atom is -0.454 e. The van der Waals surface area contributed by atoms with Crippen LogP contribution < -0.4 is 18.9 Å². The first-order valence-electron chi connectivity index (χ1n) is 10.5. The molecule has 31 heavy (non-hydrogen) atoms. The quantitative estimate of drug-likeness (QED) is 0.677. The molecule has 0 amide bonds. The van der Waals surface area contributed by atoms with Crippen molar-refractivity contribution in [1.82, 2.24) is 4.90 Å². The zero-order valence-electron chi connectivity index (χ0n) is 17.4. The monoisotopic (exact) mass is 425 g/mol. The van der Waals surface area contributed by atoms with Gasteiger partial charge in [0.1, 0.15) is 6.10 Å². The molecule has 8 heteroatoms. The summed E-state index contributed by atoms with van der Waals surface area (Å²) >= 11 is 0. The van der Waals surface area contributed by atoms with Crippen LogP contribution in [0.5, 0.6) is 23.0 Å². The largest absolute Gasteiger partial charge is 0.508 e. The zero-order chi connectivity index (χ0) is 21.1. The molecule has 0 unspecified atom stereocenters. The minimum absolute atomic E-state index is 0.00514. The summed E-state index contributed by atoms with van der Waals surface area (Å²) in [6, 6.07) is 8.11. The van der Waals surface area contributed by atoms with E-state index in [4.69, 9.17) is 28.4 Å². The van der Waals surface area contributed by atoms with E-state index in [-0.39, 0.29) is 32.2 Å². The van der Waals surface area contributed by atoms with Gasteiger partial charge in [-0.1, -0.05) is 6.07 Å². The van der Waals surface area contributed by atoms with Gasteiger partial charge in [-0.15, -0.1) is 0 Å². The van der Waals surface area contributed by atoms with Gasteiger partial charge in [0.05, 0.1) is 6.61 Å². The predicted octanol–water partition coefficient (Wildman–Crippen LogP) is 3.51. The lowest BCUT2D eigenvalue weighted by atomic mass is 9.70. The number of hydrogen-bond acceptors (Lipinski definition) is 8. The minimum atomic E-state index is -0.647. The van der Waals surface area contributed by atoms with Crippen LogP contribution in [0.2, 0.25) is 0 Å². The van der Waals surface area contributed by atoms with Gasteiger partial charge in [0.15, 0.2) is 23.0 Å². The lowest BCUT2D eigenvalue weighted by Gasteiger charge is -2.47. The molecule has 3 aliphatic heterocycles. The van der Waals surface area contributed by atoms with Gasteiger partial charge in [-0.3, -0.25) is 4.90 Å². The fourth-order valence-corrected chi connectivity index (χ4v) is 5.33. The summed E-state index contributed by atoms with van der Waals surface area (Å²) in [5.74, 6) is 2.95. The summed E-state index contributed by atoms with van der Waals surface area (Å²) in [7, 11) is 2.08. The maximum absolute atomic E-state index is 12.3. The van der Waals surface area contributed by atoms with Gasteiger partial charge < -0.3 is 28.4 Å². The Labute approximate surface area is 179 Å². The van der Waals surface area contributed by atoms with E-state index in [2.05, 4.69) is 24.1 Å². The molecule has 2 aromatic carbocycles. The number of carbonyl (C=O) groups is 1. The zero-order valence-corrected chi connectivity index (χ0v) is 17.4. The van der Waals surface area contributed by atoms with Crippen LogP contribution in [-0.2, 0) is 22.4 Å². The summed E-state index contributed by atoms with van der Waals surface area (Å²) in [6.45, 7) is 3.17. The molecule has 162 valence electrons. The topological polar surface area (TPSA) is 75.7 Å². The van der Waals surface area contributed by atoms with Crippen LogP contribution in [-0.4, -0.2) is 44.4 Å². The highest BCUT2D eigenvalue weighted by Gasteiger charge is 2.47. The molecule has 0 saturated carbocycles. The smallest absolute Gasteiger partial charge is 0.454 e. The van der Waals surface area contributed by atoms with Gasteiger partial charge in [0.2, 0.25) is 13.6 Å². The average molecular weight is 425 g/mol. The van der Waals surface area contributed by atoms with Crippen molar-refractivity contribution in [2.24, 2.45) is 0 Å². The van der Waals surface area contributed by atoms with Crippen molar-refractivity contribution in [3.05, 3.63) is 46.5 Å². The number of rotatable bonds is 2. The highest BCUT2D eigenvalue weighted by Crippen LogP contribution is 2.54. The van der Waals surface area contributed by atoms with Crippen molar-refractivity contribution in [1.29, 1.82) is 0 Å². The third-order valence-corrected chi connectivity index (χ3v) is 6.54. The Morgan fingerprint density at radius 1 is 1.06 bits per heavy atom. The summed E-state index contributed by atoms with van der Waals surface area (Å²) in [4.78, 5) is 14.6. The molecule has 0 N–H and O–H groups in total. The lowest BCUT2D eigenvalue weighted by Crippen LogP contribution is -2.45. The number of likely N-dealkylation sites (N-methyl/N-ethyl adjacent to an activating group) is 1. The SMILES string of the molecule is CCOC(=O)O[C@H]1Cc2cc3c(cc2[C@@H]2[C@H]1c1ccc4c(c1CN2C)OCO4)OCO3. The first kappa shape index (κ1) is 18.6. The first-order valence-corrected chi connectivity index (χ1v) is 10.5. The average Bonchev–Trinajstić information content (AvgIpc) is 3.41. The van der Waals surface area contributed by atoms with E-state index in [1.54, 1.807) is 6.92 Å². The molecule has 3 heterocycles. The fraction of sp³-hybridized carbons (Fsp3) is 0.435. The normalized spacial score (nSPS) is 24.8. The maximum Gasteiger partial charge on any atom is 0.508 e. The van der Waals surface area contributed by atoms with Crippen LogP contribution in [0.3, 0.4) is 0 Å². The molecule has 0 aromatic heterocycles. The second-order valence-electron chi connectivity index (χ2n) is 8.20. The van der Waals surface area contributed by atoms with E-state index >= 15 is 0 Å². The molecule has 0 saturated heterocycles. The summed E-state index contributed by atoms with van der Waals surface area (Å²) in [5.41, 5.74) is 4.46. The van der Waals surface area contributed by atoms with E-state index in [0.29, 0.717) is 13.0 Å². The van der Waals surface area contributed by atoms with Crippen molar-refractivity contribution in [3.63, 3.8) is 0 Å². The molecular formula is C23H23NO7. The third-order valence-electron chi connectivity index (χ3n) is 6.54. The van der Waals surface area contributed by atoms with Crippen molar-refractivity contribution >= 4 is 6.16 Å². The van der Waals surface area contributed by atoms with E-state index in [1.165, 1.54) is 5.56 Å². The van der Waals surface area contributed by atoms with Crippen molar-refractivity contribution in [2.75, 3.05) is 27.2 Å². The fourth-order valence-electron chi connectivity index (χ4n) is 5.33. The molecule has 3 atom stereocenters. The lowest BCUT2D eigenvalue weighted by molar-refractivity contribution is -0.00659. The highest BCUT2D eigenvalue weighted by atomic mass is 16.7. The Morgan fingerprint density at radius 3 is 2.68 bits per heavy atom. The number of nitrogens with zero attached hydrogens (tertiary/aromatic N) is 1. The van der Waals surface area contributed by atoms with Crippen LogP contribution in [0, 0.1) is 0 Å². The van der Waals surface area contributed by atoms with Crippen molar-refractivity contribution in [3.8, 4) is 23.0 Å². The van der Waals surface area contributed by atoms with Crippen molar-refractivity contribution < 1.29 is 33.2 Å². The Balaban J connectivity index is 1.49. The predicted molar refractivity (Wildman–Crippen MR) is 108 cm³/mol. The van der Waals surface area contributed by atoms with E-state index in [1.807, 2.05) is 12.1 Å². The van der Waals surface area contributed by atoms with Gasteiger partial charge >= 0.3 is 6.16 Å². The maximum atomic E-state index is 12.3. The first-order chi connectivity index (χ1) is 15.1. The Morgan fingerprint density at radius 2 is 1.84 bits per heavy atom. The number of hydrogen-bond donors (Lipinski definition) is 0. The van der Waals surface area contributed by atoms with Gasteiger partial charge in [-0.2, -0.15) is 0 Å². The van der Waals surface area contributed by atoms with E-state index in [0.717, 1.165) is 39.7 Å².